The quantitative estimate of drug-likeness (QED) is 0.296. The minimum Gasteiger partial charge on any atom is -0.494 e. The zero-order valence-corrected chi connectivity index (χ0v) is 24.6. The number of carbonyl (C=O) groups is 1. The standard InChI is InChI=1S/C33H37N7O2/c1-17-29(18(2)37-36-17)21-8-7-20-12-27(39(26(20)13-21)15-19-5-6-19)32-35-24-11-23(14-28(42-4)31(24)38(32)3)33(41)40-16-22-9-10-25(40)30(22)34/h7-8,11-14,19,22,25,30H,5-6,9-10,15-16,34H2,1-4H3,(H,36,37)/t22?,25?,30-/m1/s1. The number of rotatable bonds is 6. The second-order valence-electron chi connectivity index (χ2n) is 12.6. The molecule has 2 aliphatic carbocycles. The van der Waals surface area contributed by atoms with Gasteiger partial charge in [0.2, 0.25) is 0 Å². The molecular weight excluding hydrogens is 526 g/mol. The number of benzene rings is 2. The molecule has 2 aromatic carbocycles. The second-order valence-corrected chi connectivity index (χ2v) is 12.6. The van der Waals surface area contributed by atoms with Gasteiger partial charge in [-0.05, 0) is 81.2 Å². The predicted octanol–water partition coefficient (Wildman–Crippen LogP) is 5.18. The summed E-state index contributed by atoms with van der Waals surface area (Å²) in [6, 6.07) is 12.9. The number of hydrogen-bond acceptors (Lipinski definition) is 5. The summed E-state index contributed by atoms with van der Waals surface area (Å²) >= 11 is 0. The summed E-state index contributed by atoms with van der Waals surface area (Å²) in [5, 5.41) is 8.74. The molecule has 3 atom stereocenters. The van der Waals surface area contributed by atoms with Crippen LogP contribution >= 0.6 is 0 Å². The first-order valence-electron chi connectivity index (χ1n) is 15.1. The lowest BCUT2D eigenvalue weighted by molar-refractivity contribution is 0.0700. The van der Waals surface area contributed by atoms with Crippen LogP contribution in [-0.4, -0.2) is 60.9 Å². The average Bonchev–Trinajstić information content (AvgIpc) is 3.17. The molecule has 0 radical (unpaired) electrons. The van der Waals surface area contributed by atoms with Gasteiger partial charge in [-0.3, -0.25) is 9.89 Å². The Balaban J connectivity index is 1.25. The highest BCUT2D eigenvalue weighted by atomic mass is 16.5. The number of nitrogens with two attached hydrogens (primary N) is 1. The van der Waals surface area contributed by atoms with Gasteiger partial charge in [-0.25, -0.2) is 4.98 Å². The summed E-state index contributed by atoms with van der Waals surface area (Å²) < 4.78 is 10.4. The first-order chi connectivity index (χ1) is 20.3. The van der Waals surface area contributed by atoms with Crippen molar-refractivity contribution in [2.45, 2.75) is 58.2 Å². The van der Waals surface area contributed by atoms with E-state index in [-0.39, 0.29) is 18.0 Å². The number of piperidine rings is 1. The average molecular weight is 564 g/mol. The maximum atomic E-state index is 13.7. The molecule has 1 amide bonds. The molecule has 42 heavy (non-hydrogen) atoms. The number of H-pyrrole nitrogens is 1. The van der Waals surface area contributed by atoms with Crippen molar-refractivity contribution in [3.05, 3.63) is 53.3 Å². The zero-order valence-electron chi connectivity index (χ0n) is 24.6. The minimum atomic E-state index is 0.0188. The highest BCUT2D eigenvalue weighted by Crippen LogP contribution is 2.41. The fourth-order valence-electron chi connectivity index (χ4n) is 7.59. The Hall–Kier alpha value is -4.11. The van der Waals surface area contributed by atoms with E-state index in [1.165, 1.54) is 23.7 Å². The molecule has 1 saturated heterocycles. The summed E-state index contributed by atoms with van der Waals surface area (Å²) in [7, 11) is 3.70. The van der Waals surface area contributed by atoms with Crippen molar-refractivity contribution in [1.82, 2.24) is 29.2 Å². The van der Waals surface area contributed by atoms with Crippen LogP contribution in [0.4, 0.5) is 0 Å². The van der Waals surface area contributed by atoms with E-state index in [0.29, 0.717) is 23.1 Å². The van der Waals surface area contributed by atoms with Gasteiger partial charge in [0.1, 0.15) is 11.3 Å². The van der Waals surface area contributed by atoms with Crippen LogP contribution in [0.2, 0.25) is 0 Å². The van der Waals surface area contributed by atoms with Crippen LogP contribution in [0, 0.1) is 25.7 Å². The lowest BCUT2D eigenvalue weighted by Gasteiger charge is -2.27. The summed E-state index contributed by atoms with van der Waals surface area (Å²) in [5.41, 5.74) is 15.4. The smallest absolute Gasteiger partial charge is 0.254 e. The van der Waals surface area contributed by atoms with Gasteiger partial charge in [-0.15, -0.1) is 0 Å². The van der Waals surface area contributed by atoms with Crippen molar-refractivity contribution in [2.75, 3.05) is 13.7 Å². The van der Waals surface area contributed by atoms with Gasteiger partial charge in [0.25, 0.3) is 5.91 Å². The summed E-state index contributed by atoms with van der Waals surface area (Å²) in [5.74, 6) is 2.62. The molecule has 2 saturated carbocycles. The Bertz CT molecular complexity index is 1870. The molecule has 3 N–H and O–H groups in total. The summed E-state index contributed by atoms with van der Waals surface area (Å²) in [6.07, 6.45) is 4.60. The molecule has 3 fully saturated rings. The van der Waals surface area contributed by atoms with E-state index in [4.69, 9.17) is 15.5 Å². The third kappa shape index (κ3) is 3.75. The van der Waals surface area contributed by atoms with E-state index in [1.54, 1.807) is 7.11 Å². The van der Waals surface area contributed by atoms with Crippen LogP contribution < -0.4 is 10.5 Å². The van der Waals surface area contributed by atoms with E-state index in [1.807, 2.05) is 31.0 Å². The maximum Gasteiger partial charge on any atom is 0.254 e. The number of amides is 1. The third-order valence-corrected chi connectivity index (χ3v) is 10.0. The Morgan fingerprint density at radius 2 is 1.95 bits per heavy atom. The second kappa shape index (κ2) is 9.19. The first-order valence-corrected chi connectivity index (χ1v) is 15.1. The van der Waals surface area contributed by atoms with Crippen LogP contribution in [-0.2, 0) is 13.6 Å². The maximum absolute atomic E-state index is 13.7. The number of methoxy groups -OCH3 is 1. The molecule has 2 bridgehead atoms. The van der Waals surface area contributed by atoms with Crippen LogP contribution in [0.3, 0.4) is 0 Å². The van der Waals surface area contributed by atoms with E-state index in [9.17, 15) is 4.79 Å². The lowest BCUT2D eigenvalue weighted by atomic mass is 10.0. The number of aryl methyl sites for hydroxylation is 3. The Morgan fingerprint density at radius 1 is 1.12 bits per heavy atom. The number of ether oxygens (including phenoxy) is 1. The molecular formula is C33H37N7O2. The van der Waals surface area contributed by atoms with Gasteiger partial charge < -0.3 is 24.5 Å². The molecule has 3 aromatic heterocycles. The van der Waals surface area contributed by atoms with Crippen LogP contribution in [0.5, 0.6) is 5.75 Å². The highest BCUT2D eigenvalue weighted by molar-refractivity contribution is 6.00. The largest absolute Gasteiger partial charge is 0.494 e. The molecule has 3 aliphatic rings. The highest BCUT2D eigenvalue weighted by Gasteiger charge is 2.47. The SMILES string of the molecule is COc1cc(C(=O)N2CC3CCC2[C@@H]3N)cc2nc(-c3cc4ccc(-c5c(C)n[nH]c5C)cc4n3CC3CC3)n(C)c12. The number of aromatic amines is 1. The van der Waals surface area contributed by atoms with Crippen molar-refractivity contribution in [1.29, 1.82) is 0 Å². The van der Waals surface area contributed by atoms with Crippen molar-refractivity contribution in [3.8, 4) is 28.4 Å². The van der Waals surface area contributed by atoms with E-state index < -0.39 is 0 Å². The predicted molar refractivity (Wildman–Crippen MR) is 164 cm³/mol. The molecule has 4 heterocycles. The Kier molecular flexibility index (Phi) is 5.60. The number of likely N-dealkylation sites (tertiary alicyclic amines) is 1. The van der Waals surface area contributed by atoms with Crippen LogP contribution in [0.25, 0.3) is 44.6 Å². The normalized spacial score (nSPS) is 21.7. The zero-order chi connectivity index (χ0) is 28.9. The lowest BCUT2D eigenvalue weighted by Crippen LogP contribution is -2.41. The Morgan fingerprint density at radius 3 is 2.62 bits per heavy atom. The topological polar surface area (TPSA) is 107 Å². The fraction of sp³-hybridized carbons (Fsp3) is 0.424. The summed E-state index contributed by atoms with van der Waals surface area (Å²) in [4.78, 5) is 20.8. The van der Waals surface area contributed by atoms with Gasteiger partial charge in [0.05, 0.1) is 24.0 Å². The van der Waals surface area contributed by atoms with Gasteiger partial charge in [0.15, 0.2) is 5.82 Å². The Labute approximate surface area is 244 Å². The molecule has 8 rings (SSSR count). The van der Waals surface area contributed by atoms with Crippen molar-refractivity contribution >= 4 is 27.8 Å². The number of hydrogen-bond donors (Lipinski definition) is 2. The number of aromatic nitrogens is 5. The molecule has 1 aliphatic heterocycles. The monoisotopic (exact) mass is 563 g/mol. The molecule has 9 heteroatoms. The number of fused-ring (bicyclic) bond motifs is 4. The molecule has 9 nitrogen and oxygen atoms in total. The molecule has 0 spiro atoms. The molecule has 5 aromatic rings. The first kappa shape index (κ1) is 25.6. The van der Waals surface area contributed by atoms with Crippen LogP contribution in [0.15, 0.2) is 36.4 Å². The van der Waals surface area contributed by atoms with Crippen molar-refractivity contribution in [3.63, 3.8) is 0 Å². The van der Waals surface area contributed by atoms with Gasteiger partial charge >= 0.3 is 0 Å². The summed E-state index contributed by atoms with van der Waals surface area (Å²) in [6.45, 7) is 5.81. The van der Waals surface area contributed by atoms with Crippen LogP contribution in [0.1, 0.15) is 47.4 Å². The minimum absolute atomic E-state index is 0.0188. The van der Waals surface area contributed by atoms with Gasteiger partial charge in [-0.1, -0.05) is 12.1 Å². The van der Waals surface area contributed by atoms with Gasteiger partial charge in [-0.2, -0.15) is 5.10 Å². The number of nitrogens with zero attached hydrogens (tertiary/aromatic N) is 5. The van der Waals surface area contributed by atoms with E-state index in [0.717, 1.165) is 71.0 Å². The van der Waals surface area contributed by atoms with Gasteiger partial charge in [0, 0.05) is 59.9 Å². The molecule has 2 unspecified atom stereocenters. The van der Waals surface area contributed by atoms with Crippen molar-refractivity contribution < 1.29 is 9.53 Å². The fourth-order valence-corrected chi connectivity index (χ4v) is 7.59. The third-order valence-electron chi connectivity index (χ3n) is 10.0. The number of carbonyl (C=O) groups excluding carboxylic acids is 1. The van der Waals surface area contributed by atoms with Crippen molar-refractivity contribution in [2.24, 2.45) is 24.6 Å². The van der Waals surface area contributed by atoms with E-state index in [2.05, 4.69) is 50.5 Å². The molecule has 216 valence electrons. The number of imidazole rings is 1. The number of nitrogens with one attached hydrogen (secondary N) is 1. The van der Waals surface area contributed by atoms with E-state index >= 15 is 0 Å².